The van der Waals surface area contributed by atoms with Crippen molar-refractivity contribution in [3.8, 4) is 11.5 Å². The van der Waals surface area contributed by atoms with E-state index >= 15 is 0 Å². The standard InChI is InChI=1S/C31H36N2O4/c1-23-12-14-25(15-13-23)21-33(30(34)22-37-28-18-16-27(36-2)17-19-28)29(20-24-8-4-3-5-9-24)31(35)32-26-10-6-7-11-26/h3-5,8-9,12-19,26,29H,6-7,10-11,20-22H2,1-2H3,(H,32,35). The summed E-state index contributed by atoms with van der Waals surface area (Å²) < 4.78 is 11.0. The molecule has 0 bridgehead atoms. The van der Waals surface area contributed by atoms with Gasteiger partial charge in [-0.2, -0.15) is 0 Å². The Hall–Kier alpha value is -3.80. The van der Waals surface area contributed by atoms with Crippen molar-refractivity contribution in [3.05, 3.63) is 95.6 Å². The summed E-state index contributed by atoms with van der Waals surface area (Å²) in [5, 5.41) is 3.23. The first-order valence-electron chi connectivity index (χ1n) is 13.0. The average Bonchev–Trinajstić information content (AvgIpc) is 3.44. The number of nitrogens with one attached hydrogen (secondary N) is 1. The summed E-state index contributed by atoms with van der Waals surface area (Å²) in [5.74, 6) is 0.935. The van der Waals surface area contributed by atoms with Crippen LogP contribution in [0.15, 0.2) is 78.9 Å². The van der Waals surface area contributed by atoms with Crippen LogP contribution in [-0.2, 0) is 22.6 Å². The van der Waals surface area contributed by atoms with Crippen molar-refractivity contribution in [2.75, 3.05) is 13.7 Å². The molecule has 1 aliphatic carbocycles. The summed E-state index contributed by atoms with van der Waals surface area (Å²) in [6, 6.07) is 24.6. The van der Waals surface area contributed by atoms with Gasteiger partial charge in [-0.05, 0) is 55.2 Å². The number of carbonyl (C=O) groups is 2. The number of benzene rings is 3. The normalized spacial score (nSPS) is 14.1. The zero-order chi connectivity index (χ0) is 26.0. The molecule has 0 heterocycles. The Morgan fingerprint density at radius 3 is 2.19 bits per heavy atom. The number of amides is 2. The van der Waals surface area contributed by atoms with Crippen LogP contribution in [0.3, 0.4) is 0 Å². The van der Waals surface area contributed by atoms with Crippen molar-refractivity contribution in [1.82, 2.24) is 10.2 Å². The number of ether oxygens (including phenoxy) is 2. The molecule has 6 nitrogen and oxygen atoms in total. The minimum Gasteiger partial charge on any atom is -0.497 e. The third-order valence-corrected chi connectivity index (χ3v) is 6.87. The van der Waals surface area contributed by atoms with Gasteiger partial charge >= 0.3 is 0 Å². The fourth-order valence-corrected chi connectivity index (χ4v) is 4.71. The second-order valence-corrected chi connectivity index (χ2v) is 9.67. The molecule has 2 amide bonds. The fourth-order valence-electron chi connectivity index (χ4n) is 4.71. The molecule has 1 fully saturated rings. The van der Waals surface area contributed by atoms with Gasteiger partial charge in [-0.1, -0.05) is 73.0 Å². The number of hydrogen-bond acceptors (Lipinski definition) is 4. The topological polar surface area (TPSA) is 67.9 Å². The molecule has 37 heavy (non-hydrogen) atoms. The van der Waals surface area contributed by atoms with E-state index in [1.807, 2.05) is 61.5 Å². The van der Waals surface area contributed by atoms with Crippen LogP contribution in [0.25, 0.3) is 0 Å². The van der Waals surface area contributed by atoms with Crippen LogP contribution >= 0.6 is 0 Å². The van der Waals surface area contributed by atoms with Crippen molar-refractivity contribution in [3.63, 3.8) is 0 Å². The molecule has 194 valence electrons. The highest BCUT2D eigenvalue weighted by molar-refractivity contribution is 5.88. The number of nitrogens with zero attached hydrogens (tertiary/aromatic N) is 1. The van der Waals surface area contributed by atoms with E-state index in [9.17, 15) is 9.59 Å². The lowest BCUT2D eigenvalue weighted by Crippen LogP contribution is -2.53. The molecule has 0 aromatic heterocycles. The van der Waals surface area contributed by atoms with E-state index in [4.69, 9.17) is 9.47 Å². The molecule has 1 saturated carbocycles. The van der Waals surface area contributed by atoms with Crippen LogP contribution in [0.5, 0.6) is 11.5 Å². The van der Waals surface area contributed by atoms with Gasteiger partial charge in [-0.15, -0.1) is 0 Å². The van der Waals surface area contributed by atoms with Crippen molar-refractivity contribution in [1.29, 1.82) is 0 Å². The van der Waals surface area contributed by atoms with Crippen molar-refractivity contribution in [2.45, 2.75) is 57.7 Å². The number of methoxy groups -OCH3 is 1. The zero-order valence-corrected chi connectivity index (χ0v) is 21.7. The molecule has 3 aromatic carbocycles. The fraction of sp³-hybridized carbons (Fsp3) is 0.355. The molecule has 1 aliphatic rings. The van der Waals surface area contributed by atoms with Crippen molar-refractivity contribution in [2.24, 2.45) is 0 Å². The molecule has 1 atom stereocenters. The van der Waals surface area contributed by atoms with Gasteiger partial charge in [0.15, 0.2) is 6.61 Å². The summed E-state index contributed by atoms with van der Waals surface area (Å²) in [7, 11) is 1.60. The lowest BCUT2D eigenvalue weighted by Gasteiger charge is -2.32. The SMILES string of the molecule is COc1ccc(OCC(=O)N(Cc2ccc(C)cc2)C(Cc2ccccc2)C(=O)NC2CCCC2)cc1. The smallest absolute Gasteiger partial charge is 0.261 e. The van der Waals surface area contributed by atoms with Gasteiger partial charge in [-0.3, -0.25) is 9.59 Å². The predicted octanol–water partition coefficient (Wildman–Crippen LogP) is 5.08. The Balaban J connectivity index is 1.58. The van der Waals surface area contributed by atoms with E-state index in [2.05, 4.69) is 5.32 Å². The van der Waals surface area contributed by atoms with E-state index in [-0.39, 0.29) is 24.5 Å². The summed E-state index contributed by atoms with van der Waals surface area (Å²) in [4.78, 5) is 29.0. The molecule has 6 heteroatoms. The Bertz CT molecular complexity index is 1140. The highest BCUT2D eigenvalue weighted by Crippen LogP contribution is 2.21. The van der Waals surface area contributed by atoms with E-state index in [0.29, 0.717) is 24.5 Å². The maximum Gasteiger partial charge on any atom is 0.261 e. The summed E-state index contributed by atoms with van der Waals surface area (Å²) in [6.07, 6.45) is 4.64. The van der Waals surface area contributed by atoms with Gasteiger partial charge in [-0.25, -0.2) is 0 Å². The molecule has 0 saturated heterocycles. The molecule has 3 aromatic rings. The van der Waals surface area contributed by atoms with Crippen molar-refractivity contribution >= 4 is 11.8 Å². The number of aryl methyl sites for hydroxylation is 1. The van der Waals surface area contributed by atoms with E-state index < -0.39 is 6.04 Å². The molecule has 1 N–H and O–H groups in total. The molecule has 4 rings (SSSR count). The van der Waals surface area contributed by atoms with Gasteiger partial charge in [0.05, 0.1) is 7.11 Å². The van der Waals surface area contributed by atoms with Gasteiger partial charge in [0.1, 0.15) is 17.5 Å². The Morgan fingerprint density at radius 2 is 1.54 bits per heavy atom. The second kappa shape index (κ2) is 12.9. The quantitative estimate of drug-likeness (QED) is 0.399. The second-order valence-electron chi connectivity index (χ2n) is 9.67. The molecule has 0 spiro atoms. The van der Waals surface area contributed by atoms with Gasteiger partial charge in [0.25, 0.3) is 5.91 Å². The van der Waals surface area contributed by atoms with Gasteiger partial charge < -0.3 is 19.7 Å². The molecular formula is C31H36N2O4. The van der Waals surface area contributed by atoms with Crippen LogP contribution in [0.2, 0.25) is 0 Å². The minimum atomic E-state index is -0.656. The van der Waals surface area contributed by atoms with Crippen LogP contribution in [0.4, 0.5) is 0 Å². The van der Waals surface area contributed by atoms with Crippen LogP contribution in [0, 0.1) is 6.92 Å². The average molecular weight is 501 g/mol. The lowest BCUT2D eigenvalue weighted by molar-refractivity contribution is -0.143. The minimum absolute atomic E-state index is 0.110. The van der Waals surface area contributed by atoms with E-state index in [1.54, 1.807) is 36.3 Å². The molecule has 0 radical (unpaired) electrons. The number of hydrogen-bond donors (Lipinski definition) is 1. The highest BCUT2D eigenvalue weighted by Gasteiger charge is 2.32. The zero-order valence-electron chi connectivity index (χ0n) is 21.7. The maximum absolute atomic E-state index is 13.7. The third kappa shape index (κ3) is 7.59. The summed E-state index contributed by atoms with van der Waals surface area (Å²) in [5.41, 5.74) is 3.12. The Kier molecular flexibility index (Phi) is 9.19. The largest absolute Gasteiger partial charge is 0.497 e. The molecular weight excluding hydrogens is 464 g/mol. The maximum atomic E-state index is 13.7. The number of carbonyl (C=O) groups excluding carboxylic acids is 2. The van der Waals surface area contributed by atoms with Crippen LogP contribution in [0.1, 0.15) is 42.4 Å². The summed E-state index contributed by atoms with van der Waals surface area (Å²) in [6.45, 7) is 2.18. The van der Waals surface area contributed by atoms with Gasteiger partial charge in [0.2, 0.25) is 5.91 Å². The van der Waals surface area contributed by atoms with E-state index in [1.165, 1.54) is 0 Å². The molecule has 1 unspecified atom stereocenters. The van der Waals surface area contributed by atoms with Crippen molar-refractivity contribution < 1.29 is 19.1 Å². The summed E-state index contributed by atoms with van der Waals surface area (Å²) >= 11 is 0. The molecule has 0 aliphatic heterocycles. The Labute approximate surface area is 219 Å². The van der Waals surface area contributed by atoms with Crippen LogP contribution < -0.4 is 14.8 Å². The lowest BCUT2D eigenvalue weighted by atomic mass is 10.0. The first-order chi connectivity index (χ1) is 18.0. The highest BCUT2D eigenvalue weighted by atomic mass is 16.5. The monoisotopic (exact) mass is 500 g/mol. The first-order valence-corrected chi connectivity index (χ1v) is 13.0. The van der Waals surface area contributed by atoms with E-state index in [0.717, 1.165) is 42.4 Å². The predicted molar refractivity (Wildman–Crippen MR) is 145 cm³/mol. The number of rotatable bonds is 11. The third-order valence-electron chi connectivity index (χ3n) is 6.87. The van der Waals surface area contributed by atoms with Gasteiger partial charge in [0, 0.05) is 19.0 Å². The van der Waals surface area contributed by atoms with Crippen LogP contribution in [-0.4, -0.2) is 42.5 Å². The Morgan fingerprint density at radius 1 is 0.892 bits per heavy atom. The first kappa shape index (κ1) is 26.3.